The normalized spacial score (nSPS) is 19.5. The van der Waals surface area contributed by atoms with E-state index >= 15 is 0 Å². The predicted octanol–water partition coefficient (Wildman–Crippen LogP) is 4.99. The van der Waals surface area contributed by atoms with Crippen LogP contribution in [-0.4, -0.2) is 22.3 Å². The molecular weight excluding hydrogens is 385 g/mol. The van der Waals surface area contributed by atoms with Crippen molar-refractivity contribution >= 4 is 40.6 Å². The Balaban J connectivity index is 1.66. The van der Waals surface area contributed by atoms with Crippen LogP contribution in [0.25, 0.3) is 0 Å². The van der Waals surface area contributed by atoms with Crippen LogP contribution in [0.15, 0.2) is 36.5 Å². The molecule has 3 rings (SSSR count). The quantitative estimate of drug-likeness (QED) is 0.503. The number of hydrogen-bond acceptors (Lipinski definition) is 4. The number of carbonyl (C=O) groups excluding carboxylic acids is 3. The van der Waals surface area contributed by atoms with Gasteiger partial charge < -0.3 is 0 Å². The summed E-state index contributed by atoms with van der Waals surface area (Å²) in [6, 6.07) is 8.61. The summed E-state index contributed by atoms with van der Waals surface area (Å²) < 4.78 is 0. The Bertz CT molecular complexity index is 873. The van der Waals surface area contributed by atoms with Gasteiger partial charge in [0.2, 0.25) is 0 Å². The third kappa shape index (κ3) is 4.28. The molecule has 0 saturated heterocycles. The monoisotopic (exact) mass is 403 g/mol. The number of hydrogen-bond donors (Lipinski definition) is 0. The van der Waals surface area contributed by atoms with Crippen LogP contribution in [0, 0.1) is 12.8 Å². The van der Waals surface area contributed by atoms with E-state index in [9.17, 15) is 14.4 Å². The Morgan fingerprint density at radius 3 is 2.52 bits per heavy atom. The first-order chi connectivity index (χ1) is 12.9. The fourth-order valence-electron chi connectivity index (χ4n) is 3.55. The minimum absolute atomic E-state index is 0.0615. The van der Waals surface area contributed by atoms with Crippen molar-refractivity contribution in [2.24, 2.45) is 5.92 Å². The number of nitrogens with zero attached hydrogens (tertiary/aromatic N) is 1. The van der Waals surface area contributed by atoms with Gasteiger partial charge in [-0.15, -0.1) is 0 Å². The molecule has 1 aliphatic rings. The van der Waals surface area contributed by atoms with Gasteiger partial charge in [0.1, 0.15) is 17.4 Å². The van der Waals surface area contributed by atoms with Crippen molar-refractivity contribution in [3.05, 3.63) is 63.4 Å². The van der Waals surface area contributed by atoms with E-state index in [2.05, 4.69) is 4.98 Å². The minimum atomic E-state index is -0.901. The second kappa shape index (κ2) is 8.32. The van der Waals surface area contributed by atoms with E-state index in [-0.39, 0.29) is 23.8 Å². The topological polar surface area (TPSA) is 64.1 Å². The maximum absolute atomic E-state index is 12.8. The average molecular weight is 404 g/mol. The summed E-state index contributed by atoms with van der Waals surface area (Å²) in [5, 5.41) is 0.690. The lowest BCUT2D eigenvalue weighted by atomic mass is 9.91. The fraction of sp³-hybridized carbons (Fsp3) is 0.333. The van der Waals surface area contributed by atoms with Crippen LogP contribution in [0.3, 0.4) is 0 Å². The summed E-state index contributed by atoms with van der Waals surface area (Å²) in [6.07, 6.45) is 3.06. The zero-order valence-electron chi connectivity index (χ0n) is 14.9. The van der Waals surface area contributed by atoms with Crippen molar-refractivity contribution in [1.29, 1.82) is 0 Å². The van der Waals surface area contributed by atoms with Crippen LogP contribution in [0.4, 0.5) is 0 Å². The number of ketones is 3. The smallest absolute Gasteiger partial charge is 0.181 e. The highest BCUT2D eigenvalue weighted by molar-refractivity contribution is 6.37. The van der Waals surface area contributed by atoms with E-state index in [0.29, 0.717) is 40.6 Å². The van der Waals surface area contributed by atoms with Crippen molar-refractivity contribution in [3.63, 3.8) is 0 Å². The van der Waals surface area contributed by atoms with Crippen LogP contribution in [0.1, 0.15) is 53.2 Å². The van der Waals surface area contributed by atoms with E-state index in [1.54, 1.807) is 36.5 Å². The molecule has 1 saturated carbocycles. The fourth-order valence-corrected chi connectivity index (χ4v) is 4.37. The summed E-state index contributed by atoms with van der Waals surface area (Å²) in [6.45, 7) is 1.85. The highest BCUT2D eigenvalue weighted by Gasteiger charge is 2.43. The Morgan fingerprint density at radius 1 is 1.19 bits per heavy atom. The molecular formula is C21H19Cl2NO3. The zero-order chi connectivity index (χ0) is 19.6. The van der Waals surface area contributed by atoms with Gasteiger partial charge >= 0.3 is 0 Å². The summed E-state index contributed by atoms with van der Waals surface area (Å²) in [4.78, 5) is 41.5. The molecule has 6 heteroatoms. The maximum Gasteiger partial charge on any atom is 0.181 e. The molecule has 2 aromatic rings. The van der Waals surface area contributed by atoms with Crippen molar-refractivity contribution in [3.8, 4) is 0 Å². The zero-order valence-corrected chi connectivity index (χ0v) is 16.4. The Kier molecular flexibility index (Phi) is 6.08. The van der Waals surface area contributed by atoms with Crippen LogP contribution in [0.2, 0.25) is 10.0 Å². The predicted molar refractivity (Wildman–Crippen MR) is 104 cm³/mol. The lowest BCUT2D eigenvalue weighted by Gasteiger charge is -2.14. The molecule has 1 aromatic carbocycles. The third-order valence-corrected chi connectivity index (χ3v) is 5.50. The van der Waals surface area contributed by atoms with Gasteiger partial charge in [-0.3, -0.25) is 19.4 Å². The van der Waals surface area contributed by atoms with Crippen LogP contribution in [0.5, 0.6) is 0 Å². The number of aryl methyl sites for hydroxylation is 1. The van der Waals surface area contributed by atoms with E-state index in [4.69, 9.17) is 23.2 Å². The second-order valence-corrected chi connectivity index (χ2v) is 7.69. The molecule has 0 bridgehead atoms. The lowest BCUT2D eigenvalue weighted by Crippen LogP contribution is -2.16. The molecule has 0 amide bonds. The molecule has 1 heterocycles. The molecule has 0 N–H and O–H groups in total. The Morgan fingerprint density at radius 2 is 1.89 bits per heavy atom. The van der Waals surface area contributed by atoms with E-state index < -0.39 is 11.8 Å². The largest absolute Gasteiger partial charge is 0.298 e. The molecule has 2 atom stereocenters. The van der Waals surface area contributed by atoms with Crippen molar-refractivity contribution < 1.29 is 14.4 Å². The van der Waals surface area contributed by atoms with Crippen molar-refractivity contribution in [2.45, 2.75) is 38.5 Å². The standard InChI is InChI=1S/C21H19Cl2NO3/c1-12-9-14(22)19(15(23)10-12)20-18(26)11-13(21(20)27)5-4-7-17(25)16-6-2-3-8-24-16/h2-3,6,8-10,13,20H,4-5,7,11H2,1H3. The number of carbonyl (C=O) groups is 3. The molecule has 27 heavy (non-hydrogen) atoms. The summed E-state index contributed by atoms with van der Waals surface area (Å²) in [7, 11) is 0. The van der Waals surface area contributed by atoms with Crippen molar-refractivity contribution in [2.75, 3.05) is 0 Å². The highest BCUT2D eigenvalue weighted by atomic mass is 35.5. The number of aromatic nitrogens is 1. The van der Waals surface area contributed by atoms with E-state index in [1.807, 2.05) is 6.92 Å². The molecule has 0 aliphatic heterocycles. The van der Waals surface area contributed by atoms with Crippen molar-refractivity contribution in [1.82, 2.24) is 4.98 Å². The molecule has 1 aliphatic carbocycles. The number of Topliss-reactive ketones (excluding diaryl/α,β-unsaturated/α-hetero) is 3. The Labute approximate surface area is 167 Å². The van der Waals surface area contributed by atoms with Gasteiger partial charge in [0.25, 0.3) is 0 Å². The molecule has 2 unspecified atom stereocenters. The van der Waals surface area contributed by atoms with Gasteiger partial charge in [0.15, 0.2) is 11.6 Å². The van der Waals surface area contributed by atoms with Gasteiger partial charge in [0.05, 0.1) is 0 Å². The highest BCUT2D eigenvalue weighted by Crippen LogP contribution is 2.41. The Hall–Kier alpha value is -2.04. The minimum Gasteiger partial charge on any atom is -0.298 e. The molecule has 0 radical (unpaired) electrons. The molecule has 4 nitrogen and oxygen atoms in total. The van der Waals surface area contributed by atoms with Gasteiger partial charge in [-0.25, -0.2) is 0 Å². The number of benzene rings is 1. The first-order valence-electron chi connectivity index (χ1n) is 8.84. The average Bonchev–Trinajstić information content (AvgIpc) is 2.89. The van der Waals surface area contributed by atoms with Crippen LogP contribution < -0.4 is 0 Å². The van der Waals surface area contributed by atoms with Gasteiger partial charge in [-0.1, -0.05) is 29.3 Å². The molecule has 0 spiro atoms. The number of rotatable bonds is 6. The number of halogens is 2. The second-order valence-electron chi connectivity index (χ2n) is 6.88. The first kappa shape index (κ1) is 19.7. The lowest BCUT2D eigenvalue weighted by molar-refractivity contribution is -0.124. The maximum atomic E-state index is 12.8. The summed E-state index contributed by atoms with van der Waals surface area (Å²) >= 11 is 12.5. The van der Waals surface area contributed by atoms with Gasteiger partial charge in [-0.2, -0.15) is 0 Å². The number of pyridine rings is 1. The summed E-state index contributed by atoms with van der Waals surface area (Å²) in [5.41, 5.74) is 1.70. The molecule has 1 fully saturated rings. The van der Waals surface area contributed by atoms with E-state index in [0.717, 1.165) is 5.56 Å². The molecule has 1 aromatic heterocycles. The van der Waals surface area contributed by atoms with Gasteiger partial charge in [-0.05, 0) is 49.6 Å². The van der Waals surface area contributed by atoms with E-state index in [1.165, 1.54) is 0 Å². The SMILES string of the molecule is Cc1cc(Cl)c(C2C(=O)CC(CCCC(=O)c3ccccn3)C2=O)c(Cl)c1. The van der Waals surface area contributed by atoms with Crippen LogP contribution >= 0.6 is 23.2 Å². The first-order valence-corrected chi connectivity index (χ1v) is 9.60. The molecule has 140 valence electrons. The van der Waals surface area contributed by atoms with Gasteiger partial charge in [0, 0.05) is 40.6 Å². The summed E-state index contributed by atoms with van der Waals surface area (Å²) in [5.74, 6) is -1.67. The van der Waals surface area contributed by atoms with Crippen LogP contribution in [-0.2, 0) is 9.59 Å². The third-order valence-electron chi connectivity index (χ3n) is 4.88.